The van der Waals surface area contributed by atoms with Crippen LogP contribution in [-0.4, -0.2) is 23.3 Å². The number of aryl methyl sites for hydroxylation is 1. The predicted molar refractivity (Wildman–Crippen MR) is 68.3 cm³/mol. The topological polar surface area (TPSA) is 58.7 Å². The van der Waals surface area contributed by atoms with Crippen LogP contribution in [0.1, 0.15) is 24.1 Å². The summed E-state index contributed by atoms with van der Waals surface area (Å²) in [4.78, 5) is 17.1. The number of carbonyl (C=O) groups is 1. The molecule has 2 amide bonds. The number of hydrogen-bond acceptors (Lipinski definition) is 2. The third kappa shape index (κ3) is 2.00. The molecule has 1 aliphatic heterocycles. The van der Waals surface area contributed by atoms with Gasteiger partial charge in [0.05, 0.1) is 0 Å². The Labute approximate surface area is 105 Å². The SMILES string of the molecule is CCN1C(=O)N=C(N)C1c1ccc(Cl)cc1C. The Hall–Kier alpha value is -1.55. The van der Waals surface area contributed by atoms with Gasteiger partial charge in [-0.15, -0.1) is 0 Å². The molecule has 0 saturated heterocycles. The molecule has 4 nitrogen and oxygen atoms in total. The van der Waals surface area contributed by atoms with Crippen molar-refractivity contribution in [3.8, 4) is 0 Å². The fourth-order valence-electron chi connectivity index (χ4n) is 2.10. The Morgan fingerprint density at radius 3 is 2.82 bits per heavy atom. The van der Waals surface area contributed by atoms with E-state index in [-0.39, 0.29) is 12.1 Å². The fourth-order valence-corrected chi connectivity index (χ4v) is 2.32. The highest BCUT2D eigenvalue weighted by atomic mass is 35.5. The largest absolute Gasteiger partial charge is 0.385 e. The molecule has 0 aliphatic carbocycles. The van der Waals surface area contributed by atoms with Crippen LogP contribution in [0.2, 0.25) is 5.02 Å². The van der Waals surface area contributed by atoms with Crippen molar-refractivity contribution in [3.63, 3.8) is 0 Å². The summed E-state index contributed by atoms with van der Waals surface area (Å²) in [6, 6.07) is 5.02. The number of nitrogens with zero attached hydrogens (tertiary/aromatic N) is 2. The summed E-state index contributed by atoms with van der Waals surface area (Å²) in [6.45, 7) is 4.44. The maximum atomic E-state index is 11.6. The number of carbonyl (C=O) groups excluding carboxylic acids is 1. The molecule has 2 N–H and O–H groups in total. The number of rotatable bonds is 2. The van der Waals surface area contributed by atoms with E-state index in [1.807, 2.05) is 26.0 Å². The highest BCUT2D eigenvalue weighted by molar-refractivity contribution is 6.30. The van der Waals surface area contributed by atoms with E-state index in [1.54, 1.807) is 11.0 Å². The van der Waals surface area contributed by atoms with E-state index in [0.717, 1.165) is 11.1 Å². The number of benzene rings is 1. The third-order valence-electron chi connectivity index (χ3n) is 2.93. The number of likely N-dealkylation sites (N-methyl/N-ethyl adjacent to an activating group) is 1. The number of nitrogens with two attached hydrogens (primary N) is 1. The number of urea groups is 1. The van der Waals surface area contributed by atoms with Crippen molar-refractivity contribution < 1.29 is 4.79 Å². The van der Waals surface area contributed by atoms with E-state index >= 15 is 0 Å². The zero-order chi connectivity index (χ0) is 12.6. The summed E-state index contributed by atoms with van der Waals surface area (Å²) in [6.07, 6.45) is 0. The van der Waals surface area contributed by atoms with Gasteiger partial charge in [0.1, 0.15) is 11.9 Å². The van der Waals surface area contributed by atoms with Crippen molar-refractivity contribution in [2.45, 2.75) is 19.9 Å². The average Bonchev–Trinajstić information content (AvgIpc) is 2.53. The van der Waals surface area contributed by atoms with Crippen LogP contribution < -0.4 is 5.73 Å². The minimum absolute atomic E-state index is 0.259. The van der Waals surface area contributed by atoms with Crippen molar-refractivity contribution >= 4 is 23.5 Å². The van der Waals surface area contributed by atoms with E-state index < -0.39 is 0 Å². The third-order valence-corrected chi connectivity index (χ3v) is 3.16. The summed E-state index contributed by atoms with van der Waals surface area (Å²) in [5.74, 6) is 0.349. The van der Waals surface area contributed by atoms with E-state index in [2.05, 4.69) is 4.99 Å². The van der Waals surface area contributed by atoms with Crippen molar-refractivity contribution in [2.24, 2.45) is 10.7 Å². The van der Waals surface area contributed by atoms with Crippen molar-refractivity contribution in [1.29, 1.82) is 0 Å². The van der Waals surface area contributed by atoms with Crippen LogP contribution >= 0.6 is 11.6 Å². The van der Waals surface area contributed by atoms with Gasteiger partial charge < -0.3 is 10.6 Å². The smallest absolute Gasteiger partial charge is 0.346 e. The van der Waals surface area contributed by atoms with Crippen molar-refractivity contribution in [2.75, 3.05) is 6.54 Å². The Morgan fingerprint density at radius 1 is 1.53 bits per heavy atom. The summed E-state index contributed by atoms with van der Waals surface area (Å²) < 4.78 is 0. The molecule has 5 heteroatoms. The molecule has 2 rings (SSSR count). The summed E-state index contributed by atoms with van der Waals surface area (Å²) >= 11 is 5.92. The monoisotopic (exact) mass is 251 g/mol. The molecule has 1 aromatic rings. The van der Waals surface area contributed by atoms with Crippen LogP contribution in [0.4, 0.5) is 4.79 Å². The van der Waals surface area contributed by atoms with Gasteiger partial charge in [-0.05, 0) is 37.1 Å². The number of aliphatic imine (C=N–C) groups is 1. The highest BCUT2D eigenvalue weighted by Gasteiger charge is 2.34. The number of halogens is 1. The summed E-state index contributed by atoms with van der Waals surface area (Å²) in [5, 5.41) is 0.675. The zero-order valence-corrected chi connectivity index (χ0v) is 10.5. The van der Waals surface area contributed by atoms with Gasteiger partial charge >= 0.3 is 6.03 Å². The number of hydrogen-bond donors (Lipinski definition) is 1. The van der Waals surface area contributed by atoms with Crippen LogP contribution in [0.15, 0.2) is 23.2 Å². The highest BCUT2D eigenvalue weighted by Crippen LogP contribution is 2.30. The Balaban J connectivity index is 2.45. The van der Waals surface area contributed by atoms with Crippen LogP contribution in [0.3, 0.4) is 0 Å². The molecule has 1 aliphatic rings. The normalized spacial score (nSPS) is 19.7. The van der Waals surface area contributed by atoms with Gasteiger partial charge in [0.2, 0.25) is 0 Å². The molecular weight excluding hydrogens is 238 g/mol. The van der Waals surface area contributed by atoms with Gasteiger partial charge in [-0.25, -0.2) is 4.79 Å². The molecule has 0 radical (unpaired) electrons. The Bertz CT molecular complexity index is 499. The second kappa shape index (κ2) is 4.37. The van der Waals surface area contributed by atoms with E-state index in [1.165, 1.54) is 0 Å². The molecule has 1 atom stereocenters. The molecule has 0 saturated carbocycles. The van der Waals surface area contributed by atoms with Crippen molar-refractivity contribution in [3.05, 3.63) is 34.3 Å². The Morgan fingerprint density at radius 2 is 2.24 bits per heavy atom. The molecule has 0 bridgehead atoms. The lowest BCUT2D eigenvalue weighted by atomic mass is 10.00. The minimum atomic E-state index is -0.274. The zero-order valence-electron chi connectivity index (χ0n) is 9.77. The summed E-state index contributed by atoms with van der Waals surface area (Å²) in [7, 11) is 0. The minimum Gasteiger partial charge on any atom is -0.385 e. The lowest BCUT2D eigenvalue weighted by molar-refractivity contribution is 0.209. The summed E-state index contributed by atoms with van der Waals surface area (Å²) in [5.41, 5.74) is 7.81. The van der Waals surface area contributed by atoms with Crippen molar-refractivity contribution in [1.82, 2.24) is 4.90 Å². The van der Waals surface area contributed by atoms with Crippen LogP contribution in [-0.2, 0) is 0 Å². The van der Waals surface area contributed by atoms with Gasteiger partial charge in [0.15, 0.2) is 0 Å². The maximum absolute atomic E-state index is 11.6. The quantitative estimate of drug-likeness (QED) is 0.878. The van der Waals surface area contributed by atoms with E-state index in [0.29, 0.717) is 17.4 Å². The van der Waals surface area contributed by atoms with Crippen LogP contribution in [0.5, 0.6) is 0 Å². The van der Waals surface area contributed by atoms with Gasteiger partial charge in [0, 0.05) is 11.6 Å². The van der Waals surface area contributed by atoms with Gasteiger partial charge in [-0.1, -0.05) is 17.7 Å². The molecule has 1 unspecified atom stereocenters. The predicted octanol–water partition coefficient (Wildman–Crippen LogP) is 2.50. The molecule has 17 heavy (non-hydrogen) atoms. The standard InChI is InChI=1S/C12H14ClN3O/c1-3-16-10(11(14)15-12(16)17)9-5-4-8(13)6-7(9)2/h4-6,10H,3H2,1-2H3,(H2,14,15,17). The lowest BCUT2D eigenvalue weighted by Crippen LogP contribution is -2.33. The second-order valence-corrected chi connectivity index (χ2v) is 4.45. The van der Waals surface area contributed by atoms with Crippen LogP contribution in [0, 0.1) is 6.92 Å². The molecule has 1 heterocycles. The maximum Gasteiger partial charge on any atom is 0.346 e. The number of amides is 2. The molecule has 0 aromatic heterocycles. The molecule has 1 aromatic carbocycles. The first-order valence-electron chi connectivity index (χ1n) is 5.45. The molecule has 0 fully saturated rings. The van der Waals surface area contributed by atoms with E-state index in [4.69, 9.17) is 17.3 Å². The lowest BCUT2D eigenvalue weighted by Gasteiger charge is -2.24. The van der Waals surface area contributed by atoms with Crippen LogP contribution in [0.25, 0.3) is 0 Å². The van der Waals surface area contributed by atoms with Gasteiger partial charge in [-0.3, -0.25) is 0 Å². The van der Waals surface area contributed by atoms with Gasteiger partial charge in [-0.2, -0.15) is 4.99 Å². The fraction of sp³-hybridized carbons (Fsp3) is 0.333. The number of amidine groups is 1. The average molecular weight is 252 g/mol. The molecular formula is C12H14ClN3O. The van der Waals surface area contributed by atoms with Gasteiger partial charge in [0.25, 0.3) is 0 Å². The Kier molecular flexibility index (Phi) is 3.07. The first kappa shape index (κ1) is 11.9. The molecule has 90 valence electrons. The first-order valence-corrected chi connectivity index (χ1v) is 5.83. The molecule has 0 spiro atoms. The first-order chi connectivity index (χ1) is 8.04. The van der Waals surface area contributed by atoms with E-state index in [9.17, 15) is 4.79 Å². The second-order valence-electron chi connectivity index (χ2n) is 4.01.